The Labute approximate surface area is 392 Å². The number of benzene rings is 5. The van der Waals surface area contributed by atoms with Crippen LogP contribution in [0.5, 0.6) is 34.5 Å². The number of aromatic hydroxyl groups is 2. The van der Waals surface area contributed by atoms with Crippen LogP contribution in [0, 0.1) is 0 Å². The maximum Gasteiger partial charge on any atom is 0.325 e. The lowest BCUT2D eigenvalue weighted by atomic mass is 9.72. The van der Waals surface area contributed by atoms with Crippen LogP contribution in [0.15, 0.2) is 91.0 Å². The average molecular weight is 928 g/mol. The van der Waals surface area contributed by atoms with Crippen molar-refractivity contribution in [3.8, 4) is 34.5 Å². The number of ether oxygens (including phenoxy) is 6. The molecular weight excluding hydrogens is 875 g/mol. The highest BCUT2D eigenvalue weighted by molar-refractivity contribution is 6.31. The molecule has 8 rings (SSSR count). The Kier molecular flexibility index (Phi) is 13.6. The van der Waals surface area contributed by atoms with E-state index < -0.39 is 95.0 Å². The molecule has 0 aromatic heterocycles. The molecule has 5 aromatic carbocycles. The number of fused-ring (bicyclic) bond motifs is 3. The second-order valence-corrected chi connectivity index (χ2v) is 17.1. The number of nitrogens with one attached hydrogen (secondary N) is 1. The van der Waals surface area contributed by atoms with Crippen LogP contribution in [-0.4, -0.2) is 102 Å². The van der Waals surface area contributed by atoms with E-state index in [1.165, 1.54) is 32.2 Å². The second kappa shape index (κ2) is 19.4. The SMILES string of the molecule is CC/C(=C(/c1ccc(OC)cc1)c1ccc(OC(=O)CN[C@H]2C[C@H](O[C@H]3C[C@](O)(C(C)=O)Cc4c(O)c5c(c(O)c43)C(=O)c3c(OC)cccc3C5=O)O[C@@H](C)[C@H]2O)cc1)c1ccc(OC)cc1. The first-order chi connectivity index (χ1) is 32.6. The Bertz CT molecular complexity index is 2800. The van der Waals surface area contributed by atoms with Gasteiger partial charge in [0.2, 0.25) is 5.78 Å². The summed E-state index contributed by atoms with van der Waals surface area (Å²) in [5.41, 5.74) is 1.51. The average Bonchev–Trinajstić information content (AvgIpc) is 3.34. The van der Waals surface area contributed by atoms with Crippen LogP contribution in [0.2, 0.25) is 0 Å². The molecule has 3 aliphatic rings. The van der Waals surface area contributed by atoms with Crippen molar-refractivity contribution in [1.82, 2.24) is 5.32 Å². The topological polar surface area (TPSA) is 217 Å². The maximum absolute atomic E-state index is 14.0. The first kappa shape index (κ1) is 47.6. The third-order valence-electron chi connectivity index (χ3n) is 13.1. The molecule has 5 N–H and O–H groups in total. The molecule has 0 unspecified atom stereocenters. The van der Waals surface area contributed by atoms with Crippen LogP contribution >= 0.6 is 0 Å². The van der Waals surface area contributed by atoms with E-state index in [2.05, 4.69) is 12.2 Å². The van der Waals surface area contributed by atoms with E-state index in [0.29, 0.717) is 5.75 Å². The standard InChI is InChI=1S/C53H53NO14/c1-7-35(29-11-17-32(63-4)18-12-29)43(30-13-19-33(64-5)20-14-30)31-15-21-34(22-16-31)67-41(56)26-54-38-23-42(66-27(2)48(38)57)68-40-25-53(62,28(3)55)24-37-45(40)52(61)47-46(50(37)59)49(58)36-9-8-10-39(65-6)44(36)51(47)60/h8-22,27,38,40,42,48,54,57,59,61-62H,7,23-26H2,1-6H3/b43-35+/t27-,38-,40-,42-,48+,53-/m0/s1. The molecule has 1 saturated heterocycles. The number of hydrogen-bond donors (Lipinski definition) is 5. The van der Waals surface area contributed by atoms with Gasteiger partial charge in [-0.3, -0.25) is 19.2 Å². The van der Waals surface area contributed by atoms with Crippen molar-refractivity contribution in [2.24, 2.45) is 0 Å². The molecule has 1 fully saturated rings. The molecule has 354 valence electrons. The van der Waals surface area contributed by atoms with Crippen LogP contribution in [0.25, 0.3) is 11.1 Å². The minimum absolute atomic E-state index is 0.0515. The fourth-order valence-electron chi connectivity index (χ4n) is 9.49. The highest BCUT2D eigenvalue weighted by atomic mass is 16.7. The molecule has 0 saturated carbocycles. The van der Waals surface area contributed by atoms with Gasteiger partial charge in [-0.05, 0) is 90.6 Å². The summed E-state index contributed by atoms with van der Waals surface area (Å²) in [5.74, 6) is -2.34. The zero-order valence-electron chi connectivity index (χ0n) is 38.5. The number of esters is 1. The molecule has 0 bridgehead atoms. The van der Waals surface area contributed by atoms with Gasteiger partial charge in [0.25, 0.3) is 0 Å². The van der Waals surface area contributed by atoms with Crippen molar-refractivity contribution in [1.29, 1.82) is 0 Å². The predicted octanol–water partition coefficient (Wildman–Crippen LogP) is 6.65. The van der Waals surface area contributed by atoms with Gasteiger partial charge >= 0.3 is 5.97 Å². The largest absolute Gasteiger partial charge is 0.507 e. The Morgan fingerprint density at radius 2 is 1.37 bits per heavy atom. The van der Waals surface area contributed by atoms with Gasteiger partial charge in [0, 0.05) is 42.0 Å². The number of carbonyl (C=O) groups is 4. The Hall–Kier alpha value is -6.88. The third-order valence-corrected chi connectivity index (χ3v) is 13.1. The summed E-state index contributed by atoms with van der Waals surface area (Å²) >= 11 is 0. The van der Waals surface area contributed by atoms with Crippen LogP contribution in [-0.2, 0) is 25.5 Å². The fourth-order valence-corrected chi connectivity index (χ4v) is 9.49. The van der Waals surface area contributed by atoms with Crippen LogP contribution < -0.4 is 24.3 Å². The van der Waals surface area contributed by atoms with E-state index in [4.69, 9.17) is 28.4 Å². The first-order valence-corrected chi connectivity index (χ1v) is 22.3. The highest BCUT2D eigenvalue weighted by Gasteiger charge is 2.49. The minimum atomic E-state index is -2.11. The van der Waals surface area contributed by atoms with Gasteiger partial charge in [-0.1, -0.05) is 55.5 Å². The third kappa shape index (κ3) is 8.86. The number of rotatable bonds is 14. The summed E-state index contributed by atoms with van der Waals surface area (Å²) in [5, 5.41) is 49.5. The molecule has 68 heavy (non-hydrogen) atoms. The number of carbonyl (C=O) groups excluding carboxylic acids is 4. The molecule has 5 aromatic rings. The predicted molar refractivity (Wildman–Crippen MR) is 248 cm³/mol. The zero-order valence-corrected chi connectivity index (χ0v) is 38.5. The normalized spacial score (nSPS) is 22.3. The molecular formula is C53H53NO14. The monoisotopic (exact) mass is 927 g/mol. The molecule has 15 heteroatoms. The van der Waals surface area contributed by atoms with E-state index >= 15 is 0 Å². The first-order valence-electron chi connectivity index (χ1n) is 22.3. The smallest absolute Gasteiger partial charge is 0.325 e. The van der Waals surface area contributed by atoms with E-state index in [1.807, 2.05) is 60.7 Å². The second-order valence-electron chi connectivity index (χ2n) is 17.1. The van der Waals surface area contributed by atoms with Gasteiger partial charge in [-0.2, -0.15) is 0 Å². The molecule has 0 amide bonds. The van der Waals surface area contributed by atoms with Crippen molar-refractivity contribution in [3.05, 3.63) is 141 Å². The fraction of sp³-hybridized carbons (Fsp3) is 0.321. The van der Waals surface area contributed by atoms with Gasteiger partial charge in [0.1, 0.15) is 40.1 Å². The number of phenolic OH excluding ortho intramolecular Hbond substituents is 2. The quantitative estimate of drug-likeness (QED) is 0.0335. The molecule has 2 aliphatic carbocycles. The summed E-state index contributed by atoms with van der Waals surface area (Å²) in [6.45, 7) is 4.53. The number of methoxy groups -OCH3 is 3. The number of Topliss-reactive ketones (excluding diaryl/α,β-unsaturated/α-hetero) is 1. The summed E-state index contributed by atoms with van der Waals surface area (Å²) in [6.07, 6.45) is -4.77. The Morgan fingerprint density at radius 3 is 1.94 bits per heavy atom. The number of allylic oxidation sites excluding steroid dienone is 1. The molecule has 0 spiro atoms. The van der Waals surface area contributed by atoms with E-state index in [1.54, 1.807) is 33.3 Å². The van der Waals surface area contributed by atoms with Crippen LogP contribution in [0.3, 0.4) is 0 Å². The molecule has 6 atom stereocenters. The van der Waals surface area contributed by atoms with E-state index in [-0.39, 0.29) is 41.0 Å². The highest BCUT2D eigenvalue weighted by Crippen LogP contribution is 2.52. The van der Waals surface area contributed by atoms with Gasteiger partial charge in [-0.25, -0.2) is 0 Å². The van der Waals surface area contributed by atoms with Crippen LogP contribution in [0.1, 0.15) is 106 Å². The summed E-state index contributed by atoms with van der Waals surface area (Å²) in [6, 6.07) is 26.5. The van der Waals surface area contributed by atoms with Gasteiger partial charge in [-0.15, -0.1) is 0 Å². The lowest BCUT2D eigenvalue weighted by molar-refractivity contribution is -0.249. The number of hydrogen-bond acceptors (Lipinski definition) is 15. The minimum Gasteiger partial charge on any atom is -0.507 e. The van der Waals surface area contributed by atoms with Crippen molar-refractivity contribution >= 4 is 34.5 Å². The molecule has 1 heterocycles. The summed E-state index contributed by atoms with van der Waals surface area (Å²) in [4.78, 5) is 54.2. The Balaban J connectivity index is 1.00. The lowest BCUT2D eigenvalue weighted by Crippen LogP contribution is -2.55. The van der Waals surface area contributed by atoms with E-state index in [0.717, 1.165) is 45.8 Å². The molecule has 0 radical (unpaired) electrons. The molecule has 1 aliphatic heterocycles. The zero-order chi connectivity index (χ0) is 48.6. The van der Waals surface area contributed by atoms with Crippen molar-refractivity contribution < 1.29 is 68.0 Å². The summed E-state index contributed by atoms with van der Waals surface area (Å²) in [7, 11) is 4.57. The Morgan fingerprint density at radius 1 is 0.779 bits per heavy atom. The van der Waals surface area contributed by atoms with Gasteiger partial charge < -0.3 is 54.2 Å². The lowest BCUT2D eigenvalue weighted by Gasteiger charge is -2.42. The van der Waals surface area contributed by atoms with E-state index in [9.17, 15) is 39.6 Å². The van der Waals surface area contributed by atoms with Gasteiger partial charge in [0.15, 0.2) is 17.9 Å². The van der Waals surface area contributed by atoms with Crippen molar-refractivity contribution in [3.63, 3.8) is 0 Å². The summed E-state index contributed by atoms with van der Waals surface area (Å²) < 4.78 is 34.3. The van der Waals surface area contributed by atoms with Crippen molar-refractivity contribution in [2.75, 3.05) is 27.9 Å². The van der Waals surface area contributed by atoms with Crippen LogP contribution in [0.4, 0.5) is 0 Å². The number of aliphatic hydroxyl groups excluding tert-OH is 1. The number of aliphatic hydroxyl groups is 2. The number of phenols is 2. The molecule has 15 nitrogen and oxygen atoms in total. The van der Waals surface area contributed by atoms with Crippen molar-refractivity contribution in [2.45, 2.75) is 82.7 Å². The maximum atomic E-state index is 14.0. The number of ketones is 3. The van der Waals surface area contributed by atoms with Gasteiger partial charge in [0.05, 0.1) is 62.9 Å².